The van der Waals surface area contributed by atoms with Crippen molar-refractivity contribution in [2.45, 2.75) is 76.9 Å². The van der Waals surface area contributed by atoms with Crippen molar-refractivity contribution in [1.82, 2.24) is 0 Å². The van der Waals surface area contributed by atoms with Crippen LogP contribution >= 0.6 is 10.3 Å². The molecule has 0 aliphatic carbocycles. The van der Waals surface area contributed by atoms with Crippen LogP contribution in [-0.2, 0) is 5.75 Å². The number of aromatic hydroxyl groups is 1. The fourth-order valence-corrected chi connectivity index (χ4v) is 7.47. The van der Waals surface area contributed by atoms with Gasteiger partial charge in [0.1, 0.15) is 0 Å². The third kappa shape index (κ3) is 15.2. The van der Waals surface area contributed by atoms with Crippen LogP contribution < -0.4 is 35.0 Å². The largest absolute Gasteiger partial charge is 1.00 e. The Morgan fingerprint density at radius 1 is 0.971 bits per heavy atom. The van der Waals surface area contributed by atoms with Crippen molar-refractivity contribution in [2.75, 3.05) is 5.75 Å². The molecule has 1 unspecified atom stereocenters. The molecule has 0 bridgehead atoms. The second-order valence-electron chi connectivity index (χ2n) is 10.9. The van der Waals surface area contributed by atoms with Gasteiger partial charge in [-0.2, -0.15) is 0 Å². The van der Waals surface area contributed by atoms with E-state index in [1.54, 1.807) is 0 Å². The van der Waals surface area contributed by atoms with E-state index < -0.39 is 0 Å². The van der Waals surface area contributed by atoms with Gasteiger partial charge in [0.05, 0.1) is 0 Å². The summed E-state index contributed by atoms with van der Waals surface area (Å²) in [6, 6.07) is 4.05. The van der Waals surface area contributed by atoms with Gasteiger partial charge in [-0.25, -0.2) is 0 Å². The molecule has 35 heavy (non-hydrogen) atoms. The molecule has 3 nitrogen and oxygen atoms in total. The molecule has 1 rings (SSSR count). The summed E-state index contributed by atoms with van der Waals surface area (Å²) in [5.74, 6) is 2.25. The van der Waals surface area contributed by atoms with Gasteiger partial charge in [0.2, 0.25) is 0 Å². The molecular weight excluding hydrogens is 439 g/mol. The first kappa shape index (κ1) is 35.9. The summed E-state index contributed by atoms with van der Waals surface area (Å²) in [6.07, 6.45) is 17.1. The zero-order valence-electron chi connectivity index (χ0n) is 24.0. The summed E-state index contributed by atoms with van der Waals surface area (Å²) in [4.78, 5) is 12.0. The Balaban J connectivity index is 0.0000116. The molecule has 2 radical (unpaired) electrons. The van der Waals surface area contributed by atoms with Gasteiger partial charge in [0.25, 0.3) is 0 Å². The van der Waals surface area contributed by atoms with Crippen LogP contribution in [0.1, 0.15) is 76.9 Å². The first-order valence-corrected chi connectivity index (χ1v) is 15.4. The molecule has 0 aliphatic rings. The van der Waals surface area contributed by atoms with Crippen LogP contribution in [0.5, 0.6) is 5.75 Å². The van der Waals surface area contributed by atoms with Gasteiger partial charge in [-0.3, -0.25) is 0 Å². The molecule has 0 saturated heterocycles. The predicted molar refractivity (Wildman–Crippen MR) is 179 cm³/mol. The summed E-state index contributed by atoms with van der Waals surface area (Å²) in [6.45, 7) is 2.27. The van der Waals surface area contributed by atoms with E-state index in [1.165, 1.54) is 76.5 Å². The van der Waals surface area contributed by atoms with Crippen molar-refractivity contribution >= 4 is 94.7 Å². The Hall–Kier alpha value is 0.879. The van der Waals surface area contributed by atoms with Crippen molar-refractivity contribution in [3.63, 3.8) is 0 Å². The third-order valence-electron chi connectivity index (χ3n) is 6.94. The Morgan fingerprint density at radius 3 is 1.97 bits per heavy atom. The van der Waals surface area contributed by atoms with E-state index in [-0.39, 0.29) is 51.1 Å². The quantitative estimate of drug-likeness (QED) is 0.169. The second kappa shape index (κ2) is 20.8. The second-order valence-corrected chi connectivity index (χ2v) is 13.0. The summed E-state index contributed by atoms with van der Waals surface area (Å²) in [5, 5.41) is 9.58. The number of rotatable bonds is 18. The van der Waals surface area contributed by atoms with Crippen molar-refractivity contribution < 1.29 is 39.1 Å². The Labute approximate surface area is 248 Å². The van der Waals surface area contributed by atoms with Gasteiger partial charge in [0.15, 0.2) is 0 Å². The average Bonchev–Trinajstić information content (AvgIpc) is 2.76. The topological polar surface area (TPSA) is 50.4 Å². The zero-order valence-corrected chi connectivity index (χ0v) is 26.8. The van der Waals surface area contributed by atoms with Crippen LogP contribution in [0.15, 0.2) is 21.5 Å². The summed E-state index contributed by atoms with van der Waals surface area (Å²) >= 11 is 0. The maximum atomic E-state index is 12.0. The van der Waals surface area contributed by atoms with Gasteiger partial charge in [-0.1, -0.05) is 6.92 Å². The van der Waals surface area contributed by atoms with Gasteiger partial charge < -0.3 is 0 Å². The van der Waals surface area contributed by atoms with E-state index >= 15 is 0 Å². The van der Waals surface area contributed by atoms with Gasteiger partial charge in [-0.05, 0) is 0 Å². The van der Waals surface area contributed by atoms with Crippen molar-refractivity contribution in [2.24, 2.45) is 0 Å². The van der Waals surface area contributed by atoms with E-state index in [4.69, 9.17) is 4.42 Å². The molecule has 0 spiro atoms. The Kier molecular flexibility index (Phi) is 21.3. The zero-order chi connectivity index (χ0) is 25.5. The van der Waals surface area contributed by atoms with Crippen LogP contribution in [-0.4, -0.2) is 95.3 Å². The van der Waals surface area contributed by atoms with Gasteiger partial charge in [-0.15, -0.1) is 0 Å². The van der Waals surface area contributed by atoms with Crippen LogP contribution in [0.3, 0.4) is 0 Å². The molecule has 0 fully saturated rings. The maximum absolute atomic E-state index is 12.0. The van der Waals surface area contributed by atoms with E-state index in [1.807, 2.05) is 0 Å². The molecule has 0 saturated carbocycles. The van der Waals surface area contributed by atoms with E-state index in [0.29, 0.717) is 37.7 Å². The monoisotopic (exact) mass is 480 g/mol. The molecule has 17 heteroatoms. The molecule has 1 aromatic heterocycles. The van der Waals surface area contributed by atoms with E-state index in [0.717, 1.165) is 11.5 Å². The first-order valence-electron chi connectivity index (χ1n) is 13.8. The minimum Gasteiger partial charge on any atom is 1.00 e. The van der Waals surface area contributed by atoms with Crippen LogP contribution in [0, 0.1) is 0 Å². The summed E-state index contributed by atoms with van der Waals surface area (Å²) < 4.78 is 5.59. The Bertz CT molecular complexity index is 775. The van der Waals surface area contributed by atoms with Crippen molar-refractivity contribution in [1.29, 1.82) is 0 Å². The van der Waals surface area contributed by atoms with E-state index in [2.05, 4.69) is 59.4 Å². The van der Waals surface area contributed by atoms with Crippen LogP contribution in [0.4, 0.5) is 0 Å². The maximum Gasteiger partial charge on any atom is 1.00 e. The molecule has 1 atom stereocenters. The molecule has 174 valence electrons. The summed E-state index contributed by atoms with van der Waals surface area (Å²) in [5.41, 5.74) is -0.351. The molecular formula is C18H41B12NaO3S. The van der Waals surface area contributed by atoms with Crippen molar-refractivity contribution in [3.05, 3.63) is 28.3 Å². The average molecular weight is 481 g/mol. The molecule has 0 amide bonds. The summed E-state index contributed by atoms with van der Waals surface area (Å²) in [7, 11) is 15.9. The smallest absolute Gasteiger partial charge is 1.00 e. The standard InChI is InChI=1S/C18H41B12O3S.Na/c1-2-3-4-5-6-7-8-9-10-11-12-34(15-16-13-17(31)18(32)14-33-16)25-29(26(19)20)30(27(21)22)28(23)24;/h13-14,21,32H,2-12,15,19-20,22-24H2,1H3;/q-1;+1/i19-1,20-1,21-1,22-1,23-1,24-1,25-1,26-1,27-1,28-1,29-1,30-1;. The minimum absolute atomic E-state index is 0. The molecule has 0 aromatic carbocycles. The number of hydrogen-bond acceptors (Lipinski definition) is 3. The van der Waals surface area contributed by atoms with Crippen LogP contribution in [0.25, 0.3) is 0 Å². The molecule has 1 N–H and O–H groups in total. The minimum atomic E-state index is -0.351. The number of unbranched alkanes of at least 4 members (excludes halogenated alkanes) is 9. The Morgan fingerprint density at radius 2 is 1.51 bits per heavy atom. The molecule has 1 aromatic rings. The molecule has 1 heterocycles. The number of hydrogen-bond donors (Lipinski definition) is 1. The molecule has 0 aliphatic heterocycles. The first-order chi connectivity index (χ1) is 16.2. The van der Waals surface area contributed by atoms with E-state index in [9.17, 15) is 9.90 Å². The van der Waals surface area contributed by atoms with Gasteiger partial charge in [0, 0.05) is 0 Å². The third-order valence-corrected chi connectivity index (χ3v) is 9.11. The fraction of sp³-hybridized carbons (Fsp3) is 0.722. The van der Waals surface area contributed by atoms with Crippen molar-refractivity contribution in [3.8, 4) is 5.75 Å². The van der Waals surface area contributed by atoms with Crippen LogP contribution in [0.2, 0.25) is 0 Å². The predicted octanol–water partition coefficient (Wildman–Crippen LogP) is -5.01. The fourth-order valence-electron chi connectivity index (χ4n) is 5.06. The normalized spacial score (nSPS) is 11.3. The van der Waals surface area contributed by atoms with Gasteiger partial charge >= 0.3 is 244 Å². The SMILES string of the molecule is [10BH-][10B]([10BH2])[10B]([10B]([10BH2])[10BH2])[10B]([10B]=S(CCCCCCCCCCCC)Cc1cc(=O)c(O)co1)[10B]([10BH2])[10BH2].[Na+].